The maximum atomic E-state index is 11.4. The Labute approximate surface area is 136 Å². The highest BCUT2D eigenvalue weighted by atomic mass is 16.5. The third-order valence-corrected chi connectivity index (χ3v) is 3.65. The molecular formula is C19H34O3. The Morgan fingerprint density at radius 3 is 1.95 bits per heavy atom. The van der Waals surface area contributed by atoms with Crippen LogP contribution in [0.5, 0.6) is 0 Å². The number of ketones is 1. The quantitative estimate of drug-likeness (QED) is 0.232. The van der Waals surface area contributed by atoms with Gasteiger partial charge in [-0.3, -0.25) is 9.59 Å². The van der Waals surface area contributed by atoms with E-state index in [1.54, 1.807) is 0 Å². The Balaban J connectivity index is 3.23. The van der Waals surface area contributed by atoms with Gasteiger partial charge in [0.15, 0.2) is 5.78 Å². The number of hydrogen-bond donors (Lipinski definition) is 0. The summed E-state index contributed by atoms with van der Waals surface area (Å²) in [6.07, 6.45) is 18.6. The molecule has 0 radical (unpaired) electrons. The monoisotopic (exact) mass is 310 g/mol. The van der Waals surface area contributed by atoms with Crippen molar-refractivity contribution < 1.29 is 14.3 Å². The number of hydrogen-bond acceptors (Lipinski definition) is 3. The summed E-state index contributed by atoms with van der Waals surface area (Å²) in [6.45, 7) is 3.51. The first-order valence-corrected chi connectivity index (χ1v) is 8.97. The minimum Gasteiger partial charge on any atom is -0.458 e. The van der Waals surface area contributed by atoms with Gasteiger partial charge in [0.2, 0.25) is 0 Å². The average molecular weight is 310 g/mol. The third kappa shape index (κ3) is 16.9. The number of ether oxygens (including phenoxy) is 1. The van der Waals surface area contributed by atoms with E-state index in [1.165, 1.54) is 51.9 Å². The van der Waals surface area contributed by atoms with Crippen LogP contribution >= 0.6 is 0 Å². The first-order valence-electron chi connectivity index (χ1n) is 8.97. The van der Waals surface area contributed by atoms with Gasteiger partial charge in [0.25, 0.3) is 0 Å². The molecule has 0 aromatic heterocycles. The van der Waals surface area contributed by atoms with Crippen molar-refractivity contribution in [1.82, 2.24) is 0 Å². The van der Waals surface area contributed by atoms with Crippen molar-refractivity contribution in [3.05, 3.63) is 12.2 Å². The Bertz CT molecular complexity index is 308. The predicted molar refractivity (Wildman–Crippen MR) is 91.9 cm³/mol. The summed E-state index contributed by atoms with van der Waals surface area (Å²) in [5, 5.41) is 0. The van der Waals surface area contributed by atoms with Gasteiger partial charge in [-0.15, -0.1) is 0 Å². The fraction of sp³-hybridized carbons (Fsp3) is 0.789. The molecule has 0 aromatic rings. The molecule has 0 aliphatic heterocycles. The predicted octanol–water partition coefficient (Wildman–Crippen LogP) is 5.38. The molecule has 0 amide bonds. The van der Waals surface area contributed by atoms with Crippen molar-refractivity contribution in [2.45, 2.75) is 90.9 Å². The fourth-order valence-corrected chi connectivity index (χ4v) is 2.29. The molecule has 0 unspecified atom stereocenters. The molecule has 0 aromatic carbocycles. The second-order valence-corrected chi connectivity index (χ2v) is 5.95. The van der Waals surface area contributed by atoms with E-state index in [0.717, 1.165) is 25.7 Å². The zero-order chi connectivity index (χ0) is 16.5. The van der Waals surface area contributed by atoms with Gasteiger partial charge in [-0.05, 0) is 32.1 Å². The zero-order valence-corrected chi connectivity index (χ0v) is 14.6. The molecule has 0 fully saturated rings. The topological polar surface area (TPSA) is 43.4 Å². The summed E-state index contributed by atoms with van der Waals surface area (Å²) in [6, 6.07) is 0. The van der Waals surface area contributed by atoms with Crippen LogP contribution in [0.1, 0.15) is 90.9 Å². The van der Waals surface area contributed by atoms with E-state index in [2.05, 4.69) is 23.8 Å². The van der Waals surface area contributed by atoms with Crippen molar-refractivity contribution in [3.8, 4) is 0 Å². The number of allylic oxidation sites excluding steroid dienone is 2. The molecule has 0 heterocycles. The second-order valence-electron chi connectivity index (χ2n) is 5.95. The van der Waals surface area contributed by atoms with Crippen molar-refractivity contribution in [2.24, 2.45) is 0 Å². The maximum absolute atomic E-state index is 11.4. The molecule has 3 heteroatoms. The molecule has 3 nitrogen and oxygen atoms in total. The van der Waals surface area contributed by atoms with Crippen molar-refractivity contribution in [3.63, 3.8) is 0 Å². The first kappa shape index (κ1) is 20.9. The Kier molecular flexibility index (Phi) is 15.4. The molecular weight excluding hydrogens is 276 g/mol. The number of rotatable bonds is 15. The fourth-order valence-electron chi connectivity index (χ4n) is 2.29. The van der Waals surface area contributed by atoms with Crippen LogP contribution in [-0.4, -0.2) is 18.4 Å². The number of carbonyl (C=O) groups is 2. The lowest BCUT2D eigenvalue weighted by atomic mass is 10.1. The second kappa shape index (κ2) is 16.3. The van der Waals surface area contributed by atoms with Gasteiger partial charge >= 0.3 is 5.97 Å². The largest absolute Gasteiger partial charge is 0.458 e. The molecule has 0 saturated heterocycles. The van der Waals surface area contributed by atoms with E-state index in [4.69, 9.17) is 0 Å². The molecule has 0 N–H and O–H groups in total. The minimum absolute atomic E-state index is 0.0221. The highest BCUT2D eigenvalue weighted by Gasteiger charge is 2.03. The van der Waals surface area contributed by atoms with E-state index in [9.17, 15) is 9.59 Å². The molecule has 0 aliphatic carbocycles. The Morgan fingerprint density at radius 1 is 0.818 bits per heavy atom. The molecule has 0 aliphatic rings. The molecule has 22 heavy (non-hydrogen) atoms. The van der Waals surface area contributed by atoms with E-state index in [-0.39, 0.29) is 18.4 Å². The van der Waals surface area contributed by atoms with Crippen molar-refractivity contribution in [2.75, 3.05) is 6.61 Å². The normalized spacial score (nSPS) is 11.0. The highest BCUT2D eigenvalue weighted by molar-refractivity contribution is 5.81. The summed E-state index contributed by atoms with van der Waals surface area (Å²) in [4.78, 5) is 21.9. The van der Waals surface area contributed by atoms with Crippen LogP contribution in [0.3, 0.4) is 0 Å². The van der Waals surface area contributed by atoms with E-state index >= 15 is 0 Å². The lowest BCUT2D eigenvalue weighted by molar-refractivity contribution is -0.145. The van der Waals surface area contributed by atoms with Crippen LogP contribution < -0.4 is 0 Å². The van der Waals surface area contributed by atoms with Gasteiger partial charge in [0.1, 0.15) is 6.61 Å². The minimum atomic E-state index is -0.385. The lowest BCUT2D eigenvalue weighted by Gasteiger charge is -2.01. The van der Waals surface area contributed by atoms with Gasteiger partial charge in [0.05, 0.1) is 0 Å². The van der Waals surface area contributed by atoms with Crippen LogP contribution in [0.4, 0.5) is 0 Å². The van der Waals surface area contributed by atoms with Gasteiger partial charge in [-0.25, -0.2) is 0 Å². The molecule has 0 rings (SSSR count). The zero-order valence-electron chi connectivity index (χ0n) is 14.6. The van der Waals surface area contributed by atoms with Crippen LogP contribution in [0.25, 0.3) is 0 Å². The molecule has 0 atom stereocenters. The first-order chi connectivity index (χ1) is 10.7. The molecule has 0 spiro atoms. The summed E-state index contributed by atoms with van der Waals surface area (Å²) in [5.74, 6) is -0.363. The smallest absolute Gasteiger partial charge is 0.303 e. The number of Topliss-reactive ketones (excluding diaryl/α,β-unsaturated/α-hetero) is 1. The standard InChI is InChI=1S/C19H34O3/c1-3-4-5-6-7-8-9-10-11-12-13-14-15-16-19(21)17-22-18(2)20/h10-11H,3-9,12-17H2,1-2H3. The van der Waals surface area contributed by atoms with Crippen LogP contribution in [0.15, 0.2) is 12.2 Å². The molecule has 0 bridgehead atoms. The summed E-state index contributed by atoms with van der Waals surface area (Å²) in [7, 11) is 0. The van der Waals surface area contributed by atoms with Gasteiger partial charge in [-0.2, -0.15) is 0 Å². The highest BCUT2D eigenvalue weighted by Crippen LogP contribution is 2.08. The maximum Gasteiger partial charge on any atom is 0.303 e. The average Bonchev–Trinajstić information content (AvgIpc) is 2.49. The number of esters is 1. The van der Waals surface area contributed by atoms with Crippen LogP contribution in [-0.2, 0) is 14.3 Å². The van der Waals surface area contributed by atoms with Gasteiger partial charge in [-0.1, -0.05) is 57.6 Å². The SMILES string of the molecule is CCCCCCCCC=CCCCCCC(=O)COC(C)=O. The summed E-state index contributed by atoms with van der Waals surface area (Å²) in [5.41, 5.74) is 0. The van der Waals surface area contributed by atoms with E-state index in [0.29, 0.717) is 6.42 Å². The van der Waals surface area contributed by atoms with E-state index in [1.807, 2.05) is 0 Å². The molecule has 128 valence electrons. The van der Waals surface area contributed by atoms with Gasteiger partial charge < -0.3 is 4.74 Å². The van der Waals surface area contributed by atoms with Crippen molar-refractivity contribution >= 4 is 11.8 Å². The Hall–Kier alpha value is -1.12. The third-order valence-electron chi connectivity index (χ3n) is 3.65. The summed E-state index contributed by atoms with van der Waals surface area (Å²) < 4.78 is 4.67. The van der Waals surface area contributed by atoms with E-state index < -0.39 is 0 Å². The number of unbranched alkanes of at least 4 members (excludes halogenated alkanes) is 9. The summed E-state index contributed by atoms with van der Waals surface area (Å²) >= 11 is 0. The van der Waals surface area contributed by atoms with Crippen molar-refractivity contribution in [1.29, 1.82) is 0 Å². The molecule has 0 saturated carbocycles. The lowest BCUT2D eigenvalue weighted by Crippen LogP contribution is -2.11. The van der Waals surface area contributed by atoms with Crippen LogP contribution in [0.2, 0.25) is 0 Å². The number of carbonyl (C=O) groups excluding carboxylic acids is 2. The Morgan fingerprint density at radius 2 is 1.36 bits per heavy atom. The van der Waals surface area contributed by atoms with Gasteiger partial charge in [0, 0.05) is 13.3 Å². The van der Waals surface area contributed by atoms with Crippen LogP contribution in [0, 0.1) is 0 Å².